The molecule has 0 aliphatic carbocycles. The zero-order valence-electron chi connectivity index (χ0n) is 19.0. The first-order valence-corrected chi connectivity index (χ1v) is 11.0. The van der Waals surface area contributed by atoms with Crippen molar-refractivity contribution in [2.75, 3.05) is 0 Å². The number of carboxylic acids is 1. The van der Waals surface area contributed by atoms with Crippen LogP contribution in [-0.2, 0) is 24.9 Å². The minimum absolute atomic E-state index is 0.00805. The number of aliphatic carboxylic acids is 1. The highest BCUT2D eigenvalue weighted by molar-refractivity contribution is 6.30. The number of carboxylic acid groups (broad SMARTS) is 1. The number of rotatable bonds is 8. The van der Waals surface area contributed by atoms with Crippen LogP contribution in [0.15, 0.2) is 58.1 Å². The van der Waals surface area contributed by atoms with Crippen molar-refractivity contribution in [1.29, 1.82) is 0 Å². The number of fused-ring (bicyclic) bond motifs is 1. The van der Waals surface area contributed by atoms with Crippen LogP contribution in [0.4, 0.5) is 13.2 Å². The molecule has 0 bridgehead atoms. The molecule has 0 radical (unpaired) electrons. The average molecular weight is 539 g/mol. The molecule has 2 heterocycles. The van der Waals surface area contributed by atoms with E-state index >= 15 is 0 Å². The summed E-state index contributed by atoms with van der Waals surface area (Å²) in [5.41, 5.74) is -1.06. The number of aryl methyl sites for hydroxylation is 1. The third-order valence-electron chi connectivity index (χ3n) is 5.25. The van der Waals surface area contributed by atoms with Gasteiger partial charge in [0.1, 0.15) is 11.5 Å². The van der Waals surface area contributed by atoms with E-state index < -0.39 is 35.8 Å². The molecule has 0 atom stereocenters. The van der Waals surface area contributed by atoms with E-state index in [-0.39, 0.29) is 36.0 Å². The van der Waals surface area contributed by atoms with Gasteiger partial charge < -0.3 is 14.6 Å². The number of alkyl halides is 3. The summed E-state index contributed by atoms with van der Waals surface area (Å²) in [4.78, 5) is 41.4. The van der Waals surface area contributed by atoms with Crippen LogP contribution in [0.5, 0.6) is 17.5 Å². The molecule has 37 heavy (non-hydrogen) atoms. The fourth-order valence-corrected chi connectivity index (χ4v) is 3.72. The van der Waals surface area contributed by atoms with Crippen LogP contribution in [0.1, 0.15) is 12.0 Å². The Morgan fingerprint density at radius 3 is 2.41 bits per heavy atom. The Bertz CT molecular complexity index is 1590. The highest BCUT2D eigenvalue weighted by Crippen LogP contribution is 2.30. The third kappa shape index (κ3) is 5.77. The molecule has 0 amide bonds. The zero-order chi connectivity index (χ0) is 26.9. The Balaban J connectivity index is 1.87. The first kappa shape index (κ1) is 25.8. The largest absolute Gasteiger partial charge is 0.573 e. The molecule has 0 spiro atoms. The highest BCUT2D eigenvalue weighted by atomic mass is 35.5. The molecule has 2 aromatic carbocycles. The van der Waals surface area contributed by atoms with Gasteiger partial charge in [0.2, 0.25) is 0 Å². The number of hydrogen-bond acceptors (Lipinski definition) is 6. The highest BCUT2D eigenvalue weighted by Gasteiger charge is 2.31. The molecule has 0 aliphatic rings. The Morgan fingerprint density at radius 2 is 1.76 bits per heavy atom. The molecule has 4 rings (SSSR count). The summed E-state index contributed by atoms with van der Waals surface area (Å²) in [6.45, 7) is -0.371. The lowest BCUT2D eigenvalue weighted by Crippen LogP contribution is -2.40. The van der Waals surface area contributed by atoms with Crippen LogP contribution in [0.25, 0.3) is 11.2 Å². The van der Waals surface area contributed by atoms with Crippen molar-refractivity contribution >= 4 is 28.7 Å². The van der Waals surface area contributed by atoms with Gasteiger partial charge in [0.25, 0.3) is 5.56 Å². The molecule has 0 unspecified atom stereocenters. The van der Waals surface area contributed by atoms with Crippen LogP contribution in [0.3, 0.4) is 0 Å². The Morgan fingerprint density at radius 1 is 1.08 bits per heavy atom. The number of hydrogen-bond donors (Lipinski definition) is 1. The number of nitrogens with zero attached hydrogens (tertiary/aromatic N) is 4. The van der Waals surface area contributed by atoms with E-state index in [4.69, 9.17) is 21.4 Å². The molecule has 14 heteroatoms. The lowest BCUT2D eigenvalue weighted by atomic mass is 10.2. The fraction of sp³-hybridized carbons (Fsp3) is 0.217. The van der Waals surface area contributed by atoms with Gasteiger partial charge in [-0.1, -0.05) is 29.8 Å². The van der Waals surface area contributed by atoms with E-state index in [1.807, 2.05) is 0 Å². The quantitative estimate of drug-likeness (QED) is 0.363. The smallest absolute Gasteiger partial charge is 0.481 e. The van der Waals surface area contributed by atoms with Crippen LogP contribution in [-0.4, -0.2) is 36.1 Å². The topological polar surface area (TPSA) is 118 Å². The fourth-order valence-electron chi connectivity index (χ4n) is 3.59. The van der Waals surface area contributed by atoms with Gasteiger partial charge in [-0.25, -0.2) is 4.79 Å². The standard InChI is InChI=1S/C23H18ClF3N4O6/c1-29-19-18(20(34)30(22(29)35)10-9-17(32)33)31(12-13-5-7-14(24)8-6-13)21(28-19)36-15-3-2-4-16(11-15)37-23(25,26)27/h2-8,11H,9-10,12H2,1H3,(H,32,33). The molecule has 0 fully saturated rings. The van der Waals surface area contributed by atoms with Crippen molar-refractivity contribution in [3.8, 4) is 17.5 Å². The lowest BCUT2D eigenvalue weighted by molar-refractivity contribution is -0.274. The van der Waals surface area contributed by atoms with Crippen LogP contribution >= 0.6 is 11.6 Å². The van der Waals surface area contributed by atoms with E-state index in [0.717, 1.165) is 21.3 Å². The maximum atomic E-state index is 13.3. The number of halogens is 4. The van der Waals surface area contributed by atoms with E-state index in [1.165, 1.54) is 23.7 Å². The van der Waals surface area contributed by atoms with Gasteiger partial charge in [-0.3, -0.25) is 23.3 Å². The van der Waals surface area contributed by atoms with E-state index in [1.54, 1.807) is 24.3 Å². The molecule has 0 aliphatic heterocycles. The Kier molecular flexibility index (Phi) is 6.99. The molecule has 0 saturated heterocycles. The minimum atomic E-state index is -4.92. The van der Waals surface area contributed by atoms with E-state index in [2.05, 4.69) is 9.72 Å². The van der Waals surface area contributed by atoms with Gasteiger partial charge in [0, 0.05) is 24.7 Å². The minimum Gasteiger partial charge on any atom is -0.481 e. The first-order chi connectivity index (χ1) is 17.4. The summed E-state index contributed by atoms with van der Waals surface area (Å²) in [6, 6.07) is 11.1. The SMILES string of the molecule is Cn1c(=O)n(CCC(=O)O)c(=O)c2c1nc(Oc1cccc(OC(F)(F)F)c1)n2Cc1ccc(Cl)cc1. The summed E-state index contributed by atoms with van der Waals surface area (Å²) < 4.78 is 50.8. The maximum absolute atomic E-state index is 13.3. The Labute approximate surface area is 210 Å². The lowest BCUT2D eigenvalue weighted by Gasteiger charge is -2.12. The van der Waals surface area contributed by atoms with Crippen molar-refractivity contribution in [3.63, 3.8) is 0 Å². The second kappa shape index (κ2) is 10.0. The predicted octanol–water partition coefficient (Wildman–Crippen LogP) is 3.76. The van der Waals surface area contributed by atoms with Crippen LogP contribution in [0.2, 0.25) is 5.02 Å². The molecule has 1 N–H and O–H groups in total. The number of carbonyl (C=O) groups is 1. The van der Waals surface area contributed by atoms with Crippen molar-refractivity contribution in [3.05, 3.63) is 80.0 Å². The van der Waals surface area contributed by atoms with Gasteiger partial charge in [0.15, 0.2) is 11.2 Å². The molecular formula is C23H18ClF3N4O6. The third-order valence-corrected chi connectivity index (χ3v) is 5.50. The van der Waals surface area contributed by atoms with Gasteiger partial charge in [-0.05, 0) is 29.8 Å². The van der Waals surface area contributed by atoms with Crippen molar-refractivity contribution in [2.45, 2.75) is 25.9 Å². The Hall–Kier alpha value is -4.26. The molecule has 2 aromatic heterocycles. The van der Waals surface area contributed by atoms with Gasteiger partial charge in [0.05, 0.1) is 13.0 Å². The number of imidazole rings is 1. The second-order valence-electron chi connectivity index (χ2n) is 7.85. The monoisotopic (exact) mass is 538 g/mol. The maximum Gasteiger partial charge on any atom is 0.573 e. The van der Waals surface area contributed by atoms with Crippen molar-refractivity contribution in [1.82, 2.24) is 18.7 Å². The summed E-state index contributed by atoms with van der Waals surface area (Å²) in [7, 11) is 1.35. The van der Waals surface area contributed by atoms with E-state index in [9.17, 15) is 27.6 Å². The van der Waals surface area contributed by atoms with Gasteiger partial charge >= 0.3 is 24.0 Å². The molecule has 194 valence electrons. The van der Waals surface area contributed by atoms with E-state index in [0.29, 0.717) is 10.6 Å². The number of benzene rings is 2. The van der Waals surface area contributed by atoms with Gasteiger partial charge in [-0.2, -0.15) is 4.98 Å². The zero-order valence-corrected chi connectivity index (χ0v) is 19.8. The first-order valence-electron chi connectivity index (χ1n) is 10.6. The normalized spacial score (nSPS) is 11.6. The molecule has 4 aromatic rings. The predicted molar refractivity (Wildman–Crippen MR) is 125 cm³/mol. The summed E-state index contributed by atoms with van der Waals surface area (Å²) in [5, 5.41) is 9.49. The molecule has 0 saturated carbocycles. The van der Waals surface area contributed by atoms with Gasteiger partial charge in [-0.15, -0.1) is 13.2 Å². The average Bonchev–Trinajstić information content (AvgIpc) is 3.16. The van der Waals surface area contributed by atoms with Crippen molar-refractivity contribution < 1.29 is 32.5 Å². The summed E-state index contributed by atoms with van der Waals surface area (Å²) in [6.07, 6.45) is -5.39. The number of ether oxygens (including phenoxy) is 2. The molecular weight excluding hydrogens is 521 g/mol. The van der Waals surface area contributed by atoms with Crippen molar-refractivity contribution in [2.24, 2.45) is 7.05 Å². The molecule has 10 nitrogen and oxygen atoms in total. The summed E-state index contributed by atoms with van der Waals surface area (Å²) >= 11 is 5.96. The second-order valence-corrected chi connectivity index (χ2v) is 8.28. The van der Waals surface area contributed by atoms with Crippen LogP contribution in [0, 0.1) is 0 Å². The van der Waals surface area contributed by atoms with Crippen LogP contribution < -0.4 is 20.7 Å². The number of aromatic nitrogens is 4. The summed E-state index contributed by atoms with van der Waals surface area (Å²) in [5.74, 6) is -1.81.